The predicted molar refractivity (Wildman–Crippen MR) is 66.0 cm³/mol. The van der Waals surface area contributed by atoms with Gasteiger partial charge in [-0.3, -0.25) is 0 Å². The van der Waals surface area contributed by atoms with Gasteiger partial charge in [0, 0.05) is 9.72 Å². The van der Waals surface area contributed by atoms with Crippen molar-refractivity contribution in [2.24, 2.45) is 0 Å². The van der Waals surface area contributed by atoms with E-state index in [0.29, 0.717) is 10.2 Å². The van der Waals surface area contributed by atoms with E-state index in [1.54, 1.807) is 0 Å². The zero-order chi connectivity index (χ0) is 11.6. The summed E-state index contributed by atoms with van der Waals surface area (Å²) in [5, 5.41) is 0.161. The molecule has 1 aromatic rings. The van der Waals surface area contributed by atoms with E-state index in [0.717, 1.165) is 0 Å². The lowest BCUT2D eigenvalue weighted by Gasteiger charge is -2.12. The molecule has 84 valence electrons. The summed E-state index contributed by atoms with van der Waals surface area (Å²) in [6.45, 7) is 3.63. The molecule has 0 spiro atoms. The summed E-state index contributed by atoms with van der Waals surface area (Å²) in [6.07, 6.45) is 0. The van der Waals surface area contributed by atoms with Crippen LogP contribution in [-0.4, -0.2) is 9.46 Å². The second kappa shape index (κ2) is 5.27. The van der Waals surface area contributed by atoms with Gasteiger partial charge in [-0.05, 0) is 41.9 Å². The fourth-order valence-electron chi connectivity index (χ4n) is 0.858. The molecule has 15 heavy (non-hydrogen) atoms. The molecule has 0 aromatic heterocycles. The molecule has 0 aliphatic heterocycles. The average Bonchev–Trinajstić information content (AvgIpc) is 2.10. The largest absolute Gasteiger partial charge is 0.302 e. The number of halogens is 3. The highest BCUT2D eigenvalue weighted by Gasteiger charge is 2.12. The molecular weight excluding hydrogens is 305 g/mol. The SMILES string of the molecule is CC(C)S(=O)Nc1c(Cl)cc(F)cc1Br. The Morgan fingerprint density at radius 3 is 2.60 bits per heavy atom. The molecule has 0 saturated heterocycles. The van der Waals surface area contributed by atoms with Crippen LogP contribution in [0.1, 0.15) is 13.8 Å². The van der Waals surface area contributed by atoms with Gasteiger partial charge in [0.25, 0.3) is 0 Å². The van der Waals surface area contributed by atoms with Gasteiger partial charge in [0.1, 0.15) is 16.8 Å². The maximum atomic E-state index is 12.9. The van der Waals surface area contributed by atoms with Gasteiger partial charge >= 0.3 is 0 Å². The van der Waals surface area contributed by atoms with Crippen molar-refractivity contribution in [3.8, 4) is 0 Å². The lowest BCUT2D eigenvalue weighted by atomic mass is 10.3. The zero-order valence-electron chi connectivity index (χ0n) is 8.18. The minimum Gasteiger partial charge on any atom is -0.302 e. The summed E-state index contributed by atoms with van der Waals surface area (Å²) in [4.78, 5) is 0. The van der Waals surface area contributed by atoms with Crippen LogP contribution in [-0.2, 0) is 11.0 Å². The Balaban J connectivity index is 3.00. The van der Waals surface area contributed by atoms with Crippen LogP contribution in [0.15, 0.2) is 16.6 Å². The molecule has 0 aliphatic rings. The molecule has 0 amide bonds. The molecule has 1 N–H and O–H groups in total. The first-order chi connectivity index (χ1) is 6.91. The topological polar surface area (TPSA) is 29.1 Å². The second-order valence-electron chi connectivity index (χ2n) is 3.19. The van der Waals surface area contributed by atoms with Gasteiger partial charge in [0.05, 0.1) is 10.7 Å². The van der Waals surface area contributed by atoms with Crippen molar-refractivity contribution in [2.45, 2.75) is 19.1 Å². The summed E-state index contributed by atoms with van der Waals surface area (Å²) in [5.74, 6) is -0.437. The van der Waals surface area contributed by atoms with Crippen molar-refractivity contribution in [2.75, 3.05) is 4.72 Å². The van der Waals surface area contributed by atoms with Crippen LogP contribution in [0.5, 0.6) is 0 Å². The van der Waals surface area contributed by atoms with Crippen molar-refractivity contribution in [1.82, 2.24) is 0 Å². The van der Waals surface area contributed by atoms with Gasteiger partial charge in [0.15, 0.2) is 0 Å². The van der Waals surface area contributed by atoms with E-state index >= 15 is 0 Å². The third kappa shape index (κ3) is 3.43. The van der Waals surface area contributed by atoms with Crippen LogP contribution < -0.4 is 4.72 Å². The highest BCUT2D eigenvalue weighted by atomic mass is 79.9. The first kappa shape index (κ1) is 12.9. The monoisotopic (exact) mass is 313 g/mol. The van der Waals surface area contributed by atoms with Gasteiger partial charge in [-0.15, -0.1) is 0 Å². The van der Waals surface area contributed by atoms with Crippen LogP contribution in [0.3, 0.4) is 0 Å². The number of hydrogen-bond donors (Lipinski definition) is 1. The zero-order valence-corrected chi connectivity index (χ0v) is 11.3. The molecule has 0 fully saturated rings. The molecule has 1 unspecified atom stereocenters. The Labute approximate surface area is 104 Å². The molecule has 1 atom stereocenters. The molecule has 2 nitrogen and oxygen atoms in total. The third-order valence-electron chi connectivity index (χ3n) is 1.64. The fourth-order valence-corrected chi connectivity index (χ4v) is 2.60. The summed E-state index contributed by atoms with van der Waals surface area (Å²) in [7, 11) is -1.24. The second-order valence-corrected chi connectivity index (χ2v) is 6.20. The summed E-state index contributed by atoms with van der Waals surface area (Å²) in [6, 6.07) is 2.44. The normalized spacial score (nSPS) is 12.9. The maximum Gasteiger partial charge on any atom is 0.125 e. The van der Waals surface area contributed by atoms with Crippen molar-refractivity contribution in [3.05, 3.63) is 27.4 Å². The van der Waals surface area contributed by atoms with Gasteiger partial charge in [0.2, 0.25) is 0 Å². The summed E-state index contributed by atoms with van der Waals surface area (Å²) < 4.78 is 27.6. The number of rotatable bonds is 3. The number of benzene rings is 1. The number of anilines is 1. The molecule has 0 bridgehead atoms. The quantitative estimate of drug-likeness (QED) is 0.905. The standard InChI is InChI=1S/C9H10BrClFNOS/c1-5(2)15(14)13-9-7(10)3-6(12)4-8(9)11/h3-5,13H,1-2H3. The van der Waals surface area contributed by atoms with Gasteiger partial charge < -0.3 is 4.72 Å². The molecule has 1 rings (SSSR count). The minimum atomic E-state index is -1.24. The van der Waals surface area contributed by atoms with Crippen LogP contribution in [0, 0.1) is 5.82 Å². The highest BCUT2D eigenvalue weighted by Crippen LogP contribution is 2.32. The minimum absolute atomic E-state index is 0.0435. The molecule has 6 heteroatoms. The fraction of sp³-hybridized carbons (Fsp3) is 0.333. The molecular formula is C9H10BrClFNOS. The van der Waals surface area contributed by atoms with Crippen molar-refractivity contribution < 1.29 is 8.60 Å². The molecule has 0 radical (unpaired) electrons. The van der Waals surface area contributed by atoms with E-state index < -0.39 is 16.8 Å². The molecule has 0 heterocycles. The molecule has 0 aliphatic carbocycles. The van der Waals surface area contributed by atoms with Gasteiger partial charge in [-0.1, -0.05) is 11.6 Å². The van der Waals surface area contributed by atoms with Crippen LogP contribution >= 0.6 is 27.5 Å². The van der Waals surface area contributed by atoms with E-state index in [-0.39, 0.29) is 10.3 Å². The van der Waals surface area contributed by atoms with E-state index in [1.165, 1.54) is 12.1 Å². The van der Waals surface area contributed by atoms with Crippen molar-refractivity contribution in [3.63, 3.8) is 0 Å². The van der Waals surface area contributed by atoms with E-state index in [1.807, 2.05) is 13.8 Å². The smallest absolute Gasteiger partial charge is 0.125 e. The first-order valence-electron chi connectivity index (χ1n) is 4.23. The average molecular weight is 315 g/mol. The Morgan fingerprint density at radius 2 is 2.13 bits per heavy atom. The highest BCUT2D eigenvalue weighted by molar-refractivity contribution is 9.10. The Hall–Kier alpha value is -0.130. The Bertz CT molecular complexity index is 377. The Kier molecular flexibility index (Phi) is 4.55. The maximum absolute atomic E-state index is 12.9. The molecule has 1 aromatic carbocycles. The van der Waals surface area contributed by atoms with Crippen molar-refractivity contribution >= 4 is 44.2 Å². The summed E-state index contributed by atoms with van der Waals surface area (Å²) >= 11 is 8.97. The van der Waals surface area contributed by atoms with Crippen molar-refractivity contribution in [1.29, 1.82) is 0 Å². The third-order valence-corrected chi connectivity index (χ3v) is 3.82. The lowest BCUT2D eigenvalue weighted by Crippen LogP contribution is -2.15. The number of hydrogen-bond acceptors (Lipinski definition) is 1. The van der Waals surface area contributed by atoms with Gasteiger partial charge in [-0.25, -0.2) is 8.60 Å². The molecule has 0 saturated carbocycles. The van der Waals surface area contributed by atoms with Crippen LogP contribution in [0.4, 0.5) is 10.1 Å². The predicted octanol–water partition coefficient (Wildman–Crippen LogP) is 3.73. The van der Waals surface area contributed by atoms with Crippen LogP contribution in [0.25, 0.3) is 0 Å². The number of nitrogens with one attached hydrogen (secondary N) is 1. The van der Waals surface area contributed by atoms with Gasteiger partial charge in [-0.2, -0.15) is 0 Å². The summed E-state index contributed by atoms with van der Waals surface area (Å²) in [5.41, 5.74) is 0.449. The first-order valence-corrected chi connectivity index (χ1v) is 6.62. The van der Waals surface area contributed by atoms with E-state index in [4.69, 9.17) is 11.6 Å². The van der Waals surface area contributed by atoms with E-state index in [9.17, 15) is 8.60 Å². The Morgan fingerprint density at radius 1 is 1.53 bits per heavy atom. The van der Waals surface area contributed by atoms with E-state index in [2.05, 4.69) is 20.7 Å². The van der Waals surface area contributed by atoms with Crippen LogP contribution in [0.2, 0.25) is 5.02 Å². The lowest BCUT2D eigenvalue weighted by molar-refractivity contribution is 0.627.